The number of benzene rings is 1. The van der Waals surface area contributed by atoms with Gasteiger partial charge >= 0.3 is 6.09 Å². The molecule has 31 heavy (non-hydrogen) atoms. The molecule has 11 heteroatoms. The van der Waals surface area contributed by atoms with Crippen LogP contribution in [0.2, 0.25) is 5.02 Å². The van der Waals surface area contributed by atoms with Gasteiger partial charge in [0.2, 0.25) is 11.7 Å². The summed E-state index contributed by atoms with van der Waals surface area (Å²) in [4.78, 5) is 24.8. The summed E-state index contributed by atoms with van der Waals surface area (Å²) in [7, 11) is 0. The van der Waals surface area contributed by atoms with E-state index in [2.05, 4.69) is 25.3 Å². The standard InChI is InChI=1S/C20H27ClN6O3.HI/c1-3-22-19(26-11-13-27(14-12-26)20(28)29-4-2)23-10-9-17-24-18(25-30-17)15-5-7-16(21)8-6-15;/h5-8H,3-4,9-14H2,1-2H3,(H,22,23);1H. The zero-order valence-corrected chi connectivity index (χ0v) is 20.8. The molecule has 9 nitrogen and oxygen atoms in total. The summed E-state index contributed by atoms with van der Waals surface area (Å²) >= 11 is 5.92. The molecule has 1 aliphatic rings. The van der Waals surface area contributed by atoms with Gasteiger partial charge in [0.1, 0.15) is 0 Å². The van der Waals surface area contributed by atoms with Crippen molar-refractivity contribution in [2.45, 2.75) is 20.3 Å². The molecule has 0 unspecified atom stereocenters. The molecule has 1 aromatic carbocycles. The van der Waals surface area contributed by atoms with E-state index in [1.165, 1.54) is 0 Å². The normalized spacial score (nSPS) is 14.2. The summed E-state index contributed by atoms with van der Waals surface area (Å²) in [6, 6.07) is 7.30. The van der Waals surface area contributed by atoms with Crippen LogP contribution in [0.1, 0.15) is 19.7 Å². The number of aromatic nitrogens is 2. The van der Waals surface area contributed by atoms with Gasteiger partial charge in [-0.05, 0) is 38.1 Å². The Balaban J connectivity index is 0.00000341. The molecule has 1 N–H and O–H groups in total. The smallest absolute Gasteiger partial charge is 0.409 e. The SMILES string of the molecule is CCNC(=NCCc1nc(-c2ccc(Cl)cc2)no1)N1CCN(C(=O)OCC)CC1.I. The molecule has 0 aliphatic carbocycles. The van der Waals surface area contributed by atoms with Gasteiger partial charge < -0.3 is 24.4 Å². The lowest BCUT2D eigenvalue weighted by Crippen LogP contribution is -2.54. The van der Waals surface area contributed by atoms with Crippen LogP contribution in [0.25, 0.3) is 11.4 Å². The molecule has 1 saturated heterocycles. The Hall–Kier alpha value is -2.08. The van der Waals surface area contributed by atoms with E-state index in [4.69, 9.17) is 20.9 Å². The van der Waals surface area contributed by atoms with Gasteiger partial charge in [0.15, 0.2) is 5.96 Å². The zero-order chi connectivity index (χ0) is 21.3. The minimum atomic E-state index is -0.257. The van der Waals surface area contributed by atoms with Gasteiger partial charge in [-0.25, -0.2) is 4.79 Å². The van der Waals surface area contributed by atoms with E-state index < -0.39 is 0 Å². The van der Waals surface area contributed by atoms with E-state index in [0.29, 0.717) is 62.5 Å². The van der Waals surface area contributed by atoms with Crippen LogP contribution in [0, 0.1) is 0 Å². The summed E-state index contributed by atoms with van der Waals surface area (Å²) in [6.45, 7) is 8.12. The van der Waals surface area contributed by atoms with Gasteiger partial charge in [-0.15, -0.1) is 24.0 Å². The number of nitrogens with one attached hydrogen (secondary N) is 1. The highest BCUT2D eigenvalue weighted by molar-refractivity contribution is 14.0. The molecule has 0 spiro atoms. The van der Waals surface area contributed by atoms with Gasteiger partial charge in [-0.3, -0.25) is 4.99 Å². The van der Waals surface area contributed by atoms with E-state index >= 15 is 0 Å². The third-order valence-electron chi connectivity index (χ3n) is 4.60. The van der Waals surface area contributed by atoms with Crippen molar-refractivity contribution in [2.24, 2.45) is 4.99 Å². The number of ether oxygens (including phenoxy) is 1. The maximum absolute atomic E-state index is 11.9. The molecule has 1 fully saturated rings. The molecule has 0 saturated carbocycles. The summed E-state index contributed by atoms with van der Waals surface area (Å²) < 4.78 is 10.4. The lowest BCUT2D eigenvalue weighted by molar-refractivity contribution is 0.0914. The predicted octanol–water partition coefficient (Wildman–Crippen LogP) is 3.29. The van der Waals surface area contributed by atoms with Gasteiger partial charge in [-0.2, -0.15) is 4.98 Å². The lowest BCUT2D eigenvalue weighted by atomic mass is 10.2. The predicted molar refractivity (Wildman–Crippen MR) is 130 cm³/mol. The summed E-state index contributed by atoms with van der Waals surface area (Å²) in [6.07, 6.45) is 0.283. The van der Waals surface area contributed by atoms with E-state index in [-0.39, 0.29) is 30.1 Å². The maximum atomic E-state index is 11.9. The Labute approximate surface area is 204 Å². The average molecular weight is 563 g/mol. The molecule has 2 heterocycles. The van der Waals surface area contributed by atoms with Gasteiger partial charge in [0.25, 0.3) is 0 Å². The largest absolute Gasteiger partial charge is 0.450 e. The van der Waals surface area contributed by atoms with Crippen molar-refractivity contribution in [3.63, 3.8) is 0 Å². The fourth-order valence-corrected chi connectivity index (χ4v) is 3.20. The second-order valence-corrected chi connectivity index (χ2v) is 7.11. The van der Waals surface area contributed by atoms with Crippen molar-refractivity contribution in [1.29, 1.82) is 0 Å². The van der Waals surface area contributed by atoms with Gasteiger partial charge in [-0.1, -0.05) is 16.8 Å². The molecule has 1 aromatic heterocycles. The number of nitrogens with zero attached hydrogens (tertiary/aromatic N) is 5. The Bertz CT molecular complexity index is 853. The number of carbonyl (C=O) groups is 1. The van der Waals surface area contributed by atoms with Crippen LogP contribution < -0.4 is 5.32 Å². The van der Waals surface area contributed by atoms with Crippen LogP contribution in [0.4, 0.5) is 4.79 Å². The Morgan fingerprint density at radius 2 is 1.87 bits per heavy atom. The van der Waals surface area contributed by atoms with Crippen LogP contribution in [-0.4, -0.2) is 77.9 Å². The number of amides is 1. The van der Waals surface area contributed by atoms with Crippen molar-refractivity contribution in [3.8, 4) is 11.4 Å². The topological polar surface area (TPSA) is 96.1 Å². The maximum Gasteiger partial charge on any atom is 0.409 e. The number of halogens is 2. The highest BCUT2D eigenvalue weighted by Crippen LogP contribution is 2.18. The molecule has 0 bridgehead atoms. The fraction of sp³-hybridized carbons (Fsp3) is 0.500. The van der Waals surface area contributed by atoms with Gasteiger partial charge in [0.05, 0.1) is 13.2 Å². The molecule has 2 aromatic rings. The second kappa shape index (κ2) is 12.7. The van der Waals surface area contributed by atoms with Crippen molar-refractivity contribution >= 4 is 47.6 Å². The van der Waals surface area contributed by atoms with Crippen LogP contribution >= 0.6 is 35.6 Å². The number of carbonyl (C=O) groups excluding carboxylic acids is 1. The first-order valence-electron chi connectivity index (χ1n) is 10.1. The van der Waals surface area contributed by atoms with Crippen LogP contribution in [-0.2, 0) is 11.2 Å². The number of piperazine rings is 1. The lowest BCUT2D eigenvalue weighted by Gasteiger charge is -2.35. The molecular formula is C20H28ClIN6O3. The molecule has 3 rings (SSSR count). The highest BCUT2D eigenvalue weighted by Gasteiger charge is 2.23. The second-order valence-electron chi connectivity index (χ2n) is 6.68. The van der Waals surface area contributed by atoms with Crippen LogP contribution in [0.15, 0.2) is 33.8 Å². The molecule has 1 aliphatic heterocycles. The van der Waals surface area contributed by atoms with E-state index in [1.807, 2.05) is 26.0 Å². The van der Waals surface area contributed by atoms with Crippen molar-refractivity contribution in [2.75, 3.05) is 45.9 Å². The van der Waals surface area contributed by atoms with E-state index in [1.54, 1.807) is 17.0 Å². The minimum absolute atomic E-state index is 0. The van der Waals surface area contributed by atoms with E-state index in [0.717, 1.165) is 18.1 Å². The first-order chi connectivity index (χ1) is 14.6. The number of rotatable bonds is 6. The molecule has 1 amide bonds. The monoisotopic (exact) mass is 562 g/mol. The third-order valence-corrected chi connectivity index (χ3v) is 4.85. The summed E-state index contributed by atoms with van der Waals surface area (Å²) in [5, 5.41) is 8.00. The molecular weight excluding hydrogens is 535 g/mol. The zero-order valence-electron chi connectivity index (χ0n) is 17.7. The highest BCUT2D eigenvalue weighted by atomic mass is 127. The van der Waals surface area contributed by atoms with Gasteiger partial charge in [0, 0.05) is 49.7 Å². The van der Waals surface area contributed by atoms with Crippen LogP contribution in [0.5, 0.6) is 0 Å². The summed E-state index contributed by atoms with van der Waals surface area (Å²) in [5.74, 6) is 1.89. The Morgan fingerprint density at radius 3 is 2.52 bits per heavy atom. The molecule has 0 atom stereocenters. The Morgan fingerprint density at radius 1 is 1.19 bits per heavy atom. The third kappa shape index (κ3) is 7.23. The number of aliphatic imine (C=N–C) groups is 1. The van der Waals surface area contributed by atoms with Crippen molar-refractivity contribution in [3.05, 3.63) is 35.2 Å². The fourth-order valence-electron chi connectivity index (χ4n) is 3.07. The first-order valence-corrected chi connectivity index (χ1v) is 10.5. The number of hydrogen-bond donors (Lipinski definition) is 1. The minimum Gasteiger partial charge on any atom is -0.450 e. The quantitative estimate of drug-likeness (QED) is 0.328. The van der Waals surface area contributed by atoms with Crippen LogP contribution in [0.3, 0.4) is 0 Å². The van der Waals surface area contributed by atoms with E-state index in [9.17, 15) is 4.79 Å². The molecule has 170 valence electrons. The van der Waals surface area contributed by atoms with Crippen molar-refractivity contribution in [1.82, 2.24) is 25.3 Å². The first kappa shape index (κ1) is 25.2. The van der Waals surface area contributed by atoms with Crippen molar-refractivity contribution < 1.29 is 14.1 Å². The molecule has 0 radical (unpaired) electrons. The number of guanidine groups is 1. The Kier molecular flexibility index (Phi) is 10.3. The average Bonchev–Trinajstić information content (AvgIpc) is 3.23. The number of hydrogen-bond acceptors (Lipinski definition) is 6. The summed E-state index contributed by atoms with van der Waals surface area (Å²) in [5.41, 5.74) is 0.853.